The van der Waals surface area contributed by atoms with Crippen molar-refractivity contribution in [2.24, 2.45) is 0 Å². The molecule has 10 heteroatoms. The van der Waals surface area contributed by atoms with Gasteiger partial charge >= 0.3 is 11.9 Å². The van der Waals surface area contributed by atoms with Crippen LogP contribution in [0.2, 0.25) is 0 Å². The Morgan fingerprint density at radius 3 is 1.17 bits per heavy atom. The number of rotatable bonds is 13. The molecule has 6 aromatic rings. The minimum atomic E-state index is -1.18. The quantitative estimate of drug-likeness (QED) is 0.0718. The van der Waals surface area contributed by atoms with E-state index in [0.717, 1.165) is 35.2 Å². The summed E-state index contributed by atoms with van der Waals surface area (Å²) in [7, 11) is 0. The first-order valence-corrected chi connectivity index (χ1v) is 18.3. The third kappa shape index (κ3) is 11.2. The van der Waals surface area contributed by atoms with Crippen LogP contribution in [0.3, 0.4) is 0 Å². The van der Waals surface area contributed by atoms with E-state index in [2.05, 4.69) is 83.6 Å². The highest BCUT2D eigenvalue weighted by atomic mass is 16.4. The van der Waals surface area contributed by atoms with Gasteiger partial charge in [-0.15, -0.1) is 0 Å². The summed E-state index contributed by atoms with van der Waals surface area (Å²) < 4.78 is 4.85. The molecule has 0 aliphatic carbocycles. The number of hydrogen-bond donors (Lipinski definition) is 4. The van der Waals surface area contributed by atoms with Gasteiger partial charge in [0.2, 0.25) is 11.0 Å². The molecule has 0 radical (unpaired) electrons. The largest absolute Gasteiger partial charge is 0.872 e. The second kappa shape index (κ2) is 20.2. The molecule has 2 aromatic heterocycles. The smallest absolute Gasteiger partial charge is 0.335 e. The number of aromatic nitrogens is 2. The standard InChI is InChI=1S/C30H38N4.2C7H6O3/c1-23-21-27(31)25-15-9-11-17-29(25)33(23)19-13-7-5-3-4-6-8-14-20-34-24(2)22-28(32)26-16-10-12-18-30(26)34;2*8-6-4-2-1-3-5(6)7(9)10/h9-12,15-18,21-22,31-32H,3-8,13-14,19-20H2,1-2H3;2*1-4,8H,(H,9,10). The fraction of sp³-hybridized carbons (Fsp3) is 0.273. The maximum atomic E-state index is 10.7. The van der Waals surface area contributed by atoms with Crippen molar-refractivity contribution in [2.45, 2.75) is 78.3 Å². The monoisotopic (exact) mass is 730 g/mol. The van der Waals surface area contributed by atoms with Crippen LogP contribution in [-0.2, 0) is 13.1 Å². The Hall–Kier alpha value is -6.16. The molecule has 0 saturated carbocycles. The Balaban J connectivity index is 0.000000263. The molecule has 282 valence electrons. The molecule has 0 fully saturated rings. The lowest BCUT2D eigenvalue weighted by Crippen LogP contribution is -2.38. The van der Waals surface area contributed by atoms with Crippen LogP contribution in [0.4, 0.5) is 11.4 Å². The number of aryl methyl sites for hydroxylation is 4. The normalized spacial score (nSPS) is 10.6. The van der Waals surface area contributed by atoms with Crippen molar-refractivity contribution in [1.29, 1.82) is 0 Å². The minimum absolute atomic E-state index is 0.178. The van der Waals surface area contributed by atoms with Gasteiger partial charge in [0.25, 0.3) is 0 Å². The summed E-state index contributed by atoms with van der Waals surface area (Å²) in [5.74, 6) is -3.25. The number of benzene rings is 4. The van der Waals surface area contributed by atoms with Gasteiger partial charge in [-0.1, -0.05) is 97.8 Å². The summed E-state index contributed by atoms with van der Waals surface area (Å²) in [6.45, 7) is 6.46. The summed E-state index contributed by atoms with van der Waals surface area (Å²) in [5, 5.41) is 40.4. The molecule has 0 saturated heterocycles. The number of unbranched alkanes of at least 4 members (excludes halogenated alkanes) is 7. The second-order valence-corrected chi connectivity index (χ2v) is 13.3. The lowest BCUT2D eigenvalue weighted by atomic mass is 10.1. The van der Waals surface area contributed by atoms with Crippen molar-refractivity contribution in [2.75, 3.05) is 11.5 Å². The van der Waals surface area contributed by atoms with Gasteiger partial charge in [-0.2, -0.15) is 9.13 Å². The number of carboxylic acids is 2. The third-order valence-electron chi connectivity index (χ3n) is 9.34. The zero-order chi connectivity index (χ0) is 39.0. The number of carboxylic acid groups (broad SMARTS) is 2. The van der Waals surface area contributed by atoms with Crippen LogP contribution in [0.1, 0.15) is 83.5 Å². The molecule has 10 nitrogen and oxygen atoms in total. The maximum absolute atomic E-state index is 10.7. The Labute approximate surface area is 316 Å². The number of hydrogen-bond acceptors (Lipinski definition) is 6. The van der Waals surface area contributed by atoms with Crippen molar-refractivity contribution in [3.8, 4) is 11.5 Å². The predicted molar refractivity (Wildman–Crippen MR) is 209 cm³/mol. The van der Waals surface area contributed by atoms with Gasteiger partial charge in [-0.3, -0.25) is 0 Å². The summed E-state index contributed by atoms with van der Waals surface area (Å²) in [4.78, 5) is 20.4. The van der Waals surface area contributed by atoms with Crippen molar-refractivity contribution in [3.05, 3.63) is 132 Å². The summed E-state index contributed by atoms with van der Waals surface area (Å²) >= 11 is 0. The zero-order valence-corrected chi connectivity index (χ0v) is 31.0. The zero-order valence-electron chi connectivity index (χ0n) is 31.0. The SMILES string of the molecule is Cc1cc(N)c2ccccc2[n+]1CCCCCCCCCC[n+]1c(C)cc(N)c2ccccc21.O=C(O)c1ccccc1[O-].O=C(O)c1ccccc1[O-]. The molecule has 0 amide bonds. The molecule has 0 aliphatic rings. The fourth-order valence-corrected chi connectivity index (χ4v) is 6.53. The molecule has 4 aromatic carbocycles. The van der Waals surface area contributed by atoms with E-state index in [0.29, 0.717) is 0 Å². The van der Waals surface area contributed by atoms with Crippen LogP contribution in [0.25, 0.3) is 21.8 Å². The van der Waals surface area contributed by atoms with Crippen molar-refractivity contribution in [3.63, 3.8) is 0 Å². The average molecular weight is 731 g/mol. The van der Waals surface area contributed by atoms with Crippen molar-refractivity contribution >= 4 is 45.1 Å². The number of carbonyl (C=O) groups is 2. The van der Waals surface area contributed by atoms with Gasteiger partial charge in [0.15, 0.2) is 11.4 Å². The molecule has 0 aliphatic heterocycles. The average Bonchev–Trinajstić information content (AvgIpc) is 3.15. The number of para-hydroxylation sites is 4. The van der Waals surface area contributed by atoms with Gasteiger partial charge in [-0.05, 0) is 37.1 Å². The first-order valence-electron chi connectivity index (χ1n) is 18.3. The molecule has 54 heavy (non-hydrogen) atoms. The highest BCUT2D eigenvalue weighted by Gasteiger charge is 2.16. The lowest BCUT2D eigenvalue weighted by molar-refractivity contribution is -0.678. The molecular weight excluding hydrogens is 681 g/mol. The van der Waals surface area contributed by atoms with Crippen LogP contribution < -0.4 is 30.8 Å². The number of nitrogens with two attached hydrogens (primary N) is 2. The van der Waals surface area contributed by atoms with Crippen molar-refractivity contribution < 1.29 is 39.1 Å². The number of nitrogen functional groups attached to an aromatic ring is 2. The van der Waals surface area contributed by atoms with Crippen LogP contribution >= 0.6 is 0 Å². The fourth-order valence-electron chi connectivity index (χ4n) is 6.53. The molecule has 2 heterocycles. The summed E-state index contributed by atoms with van der Waals surface area (Å²) in [6, 6.07) is 32.2. The van der Waals surface area contributed by atoms with Crippen LogP contribution in [0.5, 0.6) is 11.5 Å². The van der Waals surface area contributed by atoms with E-state index in [9.17, 15) is 19.8 Å². The number of fused-ring (bicyclic) bond motifs is 2. The lowest BCUT2D eigenvalue weighted by Gasteiger charge is -2.08. The van der Waals surface area contributed by atoms with Gasteiger partial charge < -0.3 is 31.9 Å². The third-order valence-corrected chi connectivity index (χ3v) is 9.34. The van der Waals surface area contributed by atoms with Crippen LogP contribution in [-0.4, -0.2) is 22.2 Å². The van der Waals surface area contributed by atoms with E-state index >= 15 is 0 Å². The molecular formula is C44H50N4O6. The summed E-state index contributed by atoms with van der Waals surface area (Å²) in [6.07, 6.45) is 10.3. The maximum Gasteiger partial charge on any atom is 0.335 e. The highest BCUT2D eigenvalue weighted by molar-refractivity contribution is 5.91. The minimum Gasteiger partial charge on any atom is -0.872 e. The topological polar surface area (TPSA) is 181 Å². The van der Waals surface area contributed by atoms with Crippen molar-refractivity contribution in [1.82, 2.24) is 0 Å². The first kappa shape index (κ1) is 40.6. The Morgan fingerprint density at radius 2 is 0.833 bits per heavy atom. The second-order valence-electron chi connectivity index (χ2n) is 13.3. The van der Waals surface area contributed by atoms with E-state index in [1.165, 1.54) is 122 Å². The van der Waals surface area contributed by atoms with E-state index in [1.807, 2.05) is 0 Å². The number of anilines is 2. The molecule has 0 bridgehead atoms. The van der Waals surface area contributed by atoms with E-state index in [1.54, 1.807) is 0 Å². The van der Waals surface area contributed by atoms with Gasteiger partial charge in [0, 0.05) is 51.0 Å². The Morgan fingerprint density at radius 1 is 0.519 bits per heavy atom. The number of aromatic carboxylic acids is 2. The number of pyridine rings is 2. The molecule has 0 atom stereocenters. The molecule has 6 N–H and O–H groups in total. The molecule has 0 unspecified atom stereocenters. The molecule has 0 spiro atoms. The predicted octanol–water partition coefficient (Wildman–Crippen LogP) is 7.09. The van der Waals surface area contributed by atoms with E-state index < -0.39 is 23.4 Å². The van der Waals surface area contributed by atoms with Gasteiger partial charge in [-0.25, -0.2) is 9.59 Å². The van der Waals surface area contributed by atoms with Gasteiger partial charge in [0.05, 0.1) is 33.3 Å². The Bertz CT molecular complexity index is 2030. The van der Waals surface area contributed by atoms with E-state index in [4.69, 9.17) is 21.7 Å². The first-order chi connectivity index (χ1) is 26.0. The number of nitrogens with zero attached hydrogens (tertiary/aromatic N) is 2. The summed E-state index contributed by atoms with van der Waals surface area (Å²) in [5.41, 5.74) is 18.8. The molecule has 6 rings (SSSR count). The highest BCUT2D eigenvalue weighted by Crippen LogP contribution is 2.21. The van der Waals surface area contributed by atoms with Gasteiger partial charge in [0.1, 0.15) is 13.1 Å². The Kier molecular flexibility index (Phi) is 15.2. The van der Waals surface area contributed by atoms with E-state index in [-0.39, 0.29) is 11.1 Å². The van der Waals surface area contributed by atoms with Crippen LogP contribution in [0.15, 0.2) is 109 Å². The van der Waals surface area contributed by atoms with Crippen LogP contribution in [0, 0.1) is 13.8 Å².